The number of halogens is 2. The summed E-state index contributed by atoms with van der Waals surface area (Å²) in [6.45, 7) is 2.13. The highest BCUT2D eigenvalue weighted by Gasteiger charge is 2.13. The first-order valence-corrected chi connectivity index (χ1v) is 8.31. The minimum atomic E-state index is 0.266. The molecule has 0 bridgehead atoms. The van der Waals surface area contributed by atoms with Gasteiger partial charge in [-0.2, -0.15) is 0 Å². The molecule has 21 heavy (non-hydrogen) atoms. The van der Waals surface area contributed by atoms with Crippen LogP contribution in [0.1, 0.15) is 21.5 Å². The molecule has 0 heterocycles. The lowest BCUT2D eigenvalue weighted by atomic mass is 9.97. The normalized spacial score (nSPS) is 12.5. The maximum atomic E-state index is 6.14. The molecule has 0 fully saturated rings. The number of fused-ring (bicyclic) bond motifs is 1. The molecular weight excluding hydrogens is 344 g/mol. The number of hydrogen-bond acceptors (Lipinski definition) is 0. The molecule has 0 aliphatic heterocycles. The van der Waals surface area contributed by atoms with Crippen LogP contribution in [-0.4, -0.2) is 0 Å². The monoisotopic (exact) mass is 358 g/mol. The van der Waals surface area contributed by atoms with Crippen molar-refractivity contribution in [2.75, 3.05) is 0 Å². The first-order valence-electron chi connectivity index (χ1n) is 7.02. The Morgan fingerprint density at radius 2 is 1.76 bits per heavy atom. The summed E-state index contributed by atoms with van der Waals surface area (Å²) in [6.07, 6.45) is 0.947. The summed E-state index contributed by atoms with van der Waals surface area (Å²) in [7, 11) is 0. The van der Waals surface area contributed by atoms with Gasteiger partial charge in [-0.3, -0.25) is 0 Å². The van der Waals surface area contributed by atoms with Gasteiger partial charge in [-0.15, -0.1) is 0 Å². The van der Waals surface area contributed by atoms with E-state index in [0.29, 0.717) is 0 Å². The van der Waals surface area contributed by atoms with Crippen molar-refractivity contribution in [2.24, 2.45) is 0 Å². The van der Waals surface area contributed by atoms with Crippen molar-refractivity contribution in [3.05, 3.63) is 82.4 Å². The van der Waals surface area contributed by atoms with E-state index in [1.165, 1.54) is 27.5 Å². The highest BCUT2D eigenvalue weighted by atomic mass is 79.9. The van der Waals surface area contributed by atoms with Gasteiger partial charge in [0.1, 0.15) is 0 Å². The molecule has 0 aliphatic carbocycles. The van der Waals surface area contributed by atoms with E-state index in [0.717, 1.165) is 11.4 Å². The summed E-state index contributed by atoms with van der Waals surface area (Å²) >= 11 is 9.97. The number of alkyl halides is 1. The molecule has 0 spiro atoms. The molecule has 0 aromatic heterocycles. The van der Waals surface area contributed by atoms with Crippen molar-refractivity contribution >= 4 is 38.3 Å². The fourth-order valence-corrected chi connectivity index (χ4v) is 3.74. The van der Waals surface area contributed by atoms with Gasteiger partial charge >= 0.3 is 0 Å². The second-order valence-corrected chi connectivity index (χ2v) is 6.85. The van der Waals surface area contributed by atoms with Crippen LogP contribution in [0.15, 0.2) is 60.7 Å². The van der Waals surface area contributed by atoms with Gasteiger partial charge in [0, 0.05) is 9.85 Å². The van der Waals surface area contributed by atoms with Crippen LogP contribution in [-0.2, 0) is 6.42 Å². The summed E-state index contributed by atoms with van der Waals surface area (Å²) < 4.78 is 0. The zero-order valence-electron chi connectivity index (χ0n) is 11.8. The van der Waals surface area contributed by atoms with Gasteiger partial charge in [0.25, 0.3) is 0 Å². The molecule has 0 radical (unpaired) electrons. The molecule has 3 aromatic rings. The van der Waals surface area contributed by atoms with Crippen LogP contribution >= 0.6 is 27.5 Å². The Morgan fingerprint density at radius 3 is 2.62 bits per heavy atom. The second-order valence-electron chi connectivity index (χ2n) is 5.31. The van der Waals surface area contributed by atoms with E-state index in [4.69, 9.17) is 11.6 Å². The van der Waals surface area contributed by atoms with E-state index < -0.39 is 0 Å². The average Bonchev–Trinajstić information content (AvgIpc) is 2.50. The Hall–Kier alpha value is -1.31. The van der Waals surface area contributed by atoms with Gasteiger partial charge in [0.15, 0.2) is 0 Å². The molecule has 3 rings (SSSR count). The Bertz CT molecular complexity index is 774. The van der Waals surface area contributed by atoms with Crippen LogP contribution in [0.2, 0.25) is 5.02 Å². The largest absolute Gasteiger partial charge is 0.0843 e. The number of hydrogen-bond donors (Lipinski definition) is 0. The SMILES string of the molecule is Cc1ccc(Cl)cc1C(Br)Cc1cccc2ccccc12. The van der Waals surface area contributed by atoms with Gasteiger partial charge in [0.2, 0.25) is 0 Å². The van der Waals surface area contributed by atoms with E-state index in [1.54, 1.807) is 0 Å². The van der Waals surface area contributed by atoms with E-state index >= 15 is 0 Å². The predicted octanol–water partition coefficient (Wildman–Crippen LogP) is 6.48. The Morgan fingerprint density at radius 1 is 1.00 bits per heavy atom. The minimum absolute atomic E-state index is 0.266. The lowest BCUT2D eigenvalue weighted by Crippen LogP contribution is -1.99. The van der Waals surface area contributed by atoms with E-state index in [9.17, 15) is 0 Å². The molecule has 0 aliphatic rings. The summed E-state index contributed by atoms with van der Waals surface area (Å²) in [5.41, 5.74) is 3.88. The van der Waals surface area contributed by atoms with Crippen LogP contribution in [0, 0.1) is 6.92 Å². The standard InChI is InChI=1S/C19H16BrCl/c1-13-9-10-16(21)12-18(13)19(20)11-15-7-4-6-14-5-2-3-8-17(14)15/h2-10,12,19H,11H2,1H3. The average molecular weight is 360 g/mol. The number of benzene rings is 3. The predicted molar refractivity (Wildman–Crippen MR) is 95.5 cm³/mol. The van der Waals surface area contributed by atoms with Crippen molar-refractivity contribution in [3.8, 4) is 0 Å². The van der Waals surface area contributed by atoms with Crippen molar-refractivity contribution < 1.29 is 0 Å². The highest BCUT2D eigenvalue weighted by molar-refractivity contribution is 9.09. The molecule has 0 saturated carbocycles. The molecule has 106 valence electrons. The van der Waals surface area contributed by atoms with Crippen LogP contribution in [0.3, 0.4) is 0 Å². The van der Waals surface area contributed by atoms with Crippen molar-refractivity contribution in [1.29, 1.82) is 0 Å². The molecule has 0 amide bonds. The van der Waals surface area contributed by atoms with Gasteiger partial charge < -0.3 is 0 Å². The lowest BCUT2D eigenvalue weighted by Gasteiger charge is -2.15. The van der Waals surface area contributed by atoms with E-state index in [2.05, 4.69) is 77.5 Å². The van der Waals surface area contributed by atoms with Crippen LogP contribution in [0.5, 0.6) is 0 Å². The zero-order chi connectivity index (χ0) is 14.8. The Kier molecular flexibility index (Phi) is 4.32. The minimum Gasteiger partial charge on any atom is -0.0843 e. The second kappa shape index (κ2) is 6.21. The Labute approximate surface area is 138 Å². The smallest absolute Gasteiger partial charge is 0.0438 e. The maximum absolute atomic E-state index is 6.14. The lowest BCUT2D eigenvalue weighted by molar-refractivity contribution is 0.946. The van der Waals surface area contributed by atoms with Crippen LogP contribution in [0.25, 0.3) is 10.8 Å². The number of rotatable bonds is 3. The van der Waals surface area contributed by atoms with Gasteiger partial charge in [-0.25, -0.2) is 0 Å². The van der Waals surface area contributed by atoms with Crippen LogP contribution < -0.4 is 0 Å². The molecule has 1 atom stereocenters. The first-order chi connectivity index (χ1) is 10.1. The Balaban J connectivity index is 1.96. The van der Waals surface area contributed by atoms with E-state index in [-0.39, 0.29) is 4.83 Å². The topological polar surface area (TPSA) is 0 Å². The van der Waals surface area contributed by atoms with Crippen LogP contribution in [0.4, 0.5) is 0 Å². The summed E-state index contributed by atoms with van der Waals surface area (Å²) in [5.74, 6) is 0. The molecule has 2 heteroatoms. The fraction of sp³-hybridized carbons (Fsp3) is 0.158. The van der Waals surface area contributed by atoms with Gasteiger partial charge in [-0.1, -0.05) is 76.1 Å². The van der Waals surface area contributed by atoms with Crippen molar-refractivity contribution in [1.82, 2.24) is 0 Å². The number of aryl methyl sites for hydroxylation is 1. The fourth-order valence-electron chi connectivity index (χ4n) is 2.72. The van der Waals surface area contributed by atoms with Gasteiger partial charge in [-0.05, 0) is 52.9 Å². The molecule has 1 unspecified atom stereocenters. The summed E-state index contributed by atoms with van der Waals surface area (Å²) in [6, 6.07) is 21.1. The first kappa shape index (κ1) is 14.6. The maximum Gasteiger partial charge on any atom is 0.0438 e. The molecular formula is C19H16BrCl. The third-order valence-corrected chi connectivity index (χ3v) is 4.91. The van der Waals surface area contributed by atoms with Gasteiger partial charge in [0.05, 0.1) is 0 Å². The summed E-state index contributed by atoms with van der Waals surface area (Å²) in [5, 5.41) is 3.40. The molecule has 0 saturated heterocycles. The quantitative estimate of drug-likeness (QED) is 0.469. The third-order valence-electron chi connectivity index (χ3n) is 3.86. The van der Waals surface area contributed by atoms with Crippen molar-refractivity contribution in [2.45, 2.75) is 18.2 Å². The highest BCUT2D eigenvalue weighted by Crippen LogP contribution is 2.33. The third kappa shape index (κ3) is 3.14. The molecule has 0 N–H and O–H groups in total. The van der Waals surface area contributed by atoms with E-state index in [1.807, 2.05) is 6.07 Å². The summed E-state index contributed by atoms with van der Waals surface area (Å²) in [4.78, 5) is 0.266. The van der Waals surface area contributed by atoms with Crippen molar-refractivity contribution in [3.63, 3.8) is 0 Å². The molecule has 3 aromatic carbocycles. The molecule has 0 nitrogen and oxygen atoms in total. The zero-order valence-corrected chi connectivity index (χ0v) is 14.2.